The van der Waals surface area contributed by atoms with Crippen LogP contribution in [0.3, 0.4) is 0 Å². The molecule has 3 rings (SSSR count). The molecule has 0 saturated heterocycles. The molecule has 0 bridgehead atoms. The first-order valence-electron chi connectivity index (χ1n) is 10.7. The molecule has 1 aromatic carbocycles. The first-order valence-corrected chi connectivity index (χ1v) is 10.7. The van der Waals surface area contributed by atoms with Crippen LogP contribution in [0.15, 0.2) is 30.4 Å². The van der Waals surface area contributed by atoms with E-state index >= 15 is 0 Å². The monoisotopic (exact) mass is 360 g/mol. The molecule has 0 aromatic heterocycles. The molecule has 0 aliphatic heterocycles. The van der Waals surface area contributed by atoms with Crippen LogP contribution in [-0.2, 0) is 0 Å². The van der Waals surface area contributed by atoms with Crippen molar-refractivity contribution < 1.29 is 8.78 Å². The fourth-order valence-electron chi connectivity index (χ4n) is 5.25. The molecule has 2 heteroatoms. The van der Waals surface area contributed by atoms with Crippen LogP contribution < -0.4 is 0 Å². The Balaban J connectivity index is 1.44. The summed E-state index contributed by atoms with van der Waals surface area (Å²) in [5, 5.41) is 0. The van der Waals surface area contributed by atoms with Crippen molar-refractivity contribution in [2.24, 2.45) is 17.8 Å². The van der Waals surface area contributed by atoms with E-state index in [1.807, 2.05) is 6.07 Å². The lowest BCUT2D eigenvalue weighted by Gasteiger charge is -2.37. The van der Waals surface area contributed by atoms with Crippen molar-refractivity contribution in [3.8, 4) is 0 Å². The summed E-state index contributed by atoms with van der Waals surface area (Å²) in [4.78, 5) is 0. The molecule has 2 aliphatic rings. The van der Waals surface area contributed by atoms with Gasteiger partial charge >= 0.3 is 0 Å². The predicted molar refractivity (Wildman–Crippen MR) is 106 cm³/mol. The number of rotatable bonds is 6. The Hall–Kier alpha value is -1.18. The number of benzene rings is 1. The van der Waals surface area contributed by atoms with Crippen molar-refractivity contribution in [3.05, 3.63) is 47.3 Å². The topological polar surface area (TPSA) is 0 Å². The maximum Gasteiger partial charge on any atom is 0.123 e. The fraction of sp³-hybridized carbons (Fsp3) is 0.667. The largest absolute Gasteiger partial charge is 0.251 e. The molecule has 2 aliphatic carbocycles. The lowest BCUT2D eigenvalue weighted by atomic mass is 9.68. The van der Waals surface area contributed by atoms with Crippen molar-refractivity contribution in [1.82, 2.24) is 0 Å². The van der Waals surface area contributed by atoms with E-state index in [1.165, 1.54) is 62.5 Å². The van der Waals surface area contributed by atoms with Crippen LogP contribution in [0.5, 0.6) is 0 Å². The summed E-state index contributed by atoms with van der Waals surface area (Å²) in [5.41, 5.74) is 2.49. The minimum absolute atomic E-state index is 0.0920. The number of hydrogen-bond acceptors (Lipinski definition) is 0. The number of unbranched alkanes of at least 4 members (excludes halogenated alkanes) is 1. The summed E-state index contributed by atoms with van der Waals surface area (Å²) < 4.78 is 25.8. The van der Waals surface area contributed by atoms with Crippen LogP contribution in [0, 0.1) is 30.5 Å². The van der Waals surface area contributed by atoms with Gasteiger partial charge in [-0.1, -0.05) is 18.2 Å². The highest BCUT2D eigenvalue weighted by Crippen LogP contribution is 2.44. The van der Waals surface area contributed by atoms with Crippen molar-refractivity contribution in [2.75, 3.05) is 6.67 Å². The molecular weight excluding hydrogens is 326 g/mol. The van der Waals surface area contributed by atoms with E-state index in [0.29, 0.717) is 12.3 Å². The Labute approximate surface area is 158 Å². The summed E-state index contributed by atoms with van der Waals surface area (Å²) >= 11 is 0. The third-order valence-corrected chi connectivity index (χ3v) is 6.85. The van der Waals surface area contributed by atoms with E-state index in [2.05, 4.69) is 19.1 Å². The second-order valence-corrected chi connectivity index (χ2v) is 8.55. The molecule has 0 heterocycles. The van der Waals surface area contributed by atoms with Gasteiger partial charge in [0.25, 0.3) is 0 Å². The summed E-state index contributed by atoms with van der Waals surface area (Å²) in [6, 6.07) is 5.27. The van der Waals surface area contributed by atoms with Crippen LogP contribution in [-0.4, -0.2) is 6.67 Å². The van der Waals surface area contributed by atoms with Gasteiger partial charge in [-0.05, 0) is 118 Å². The van der Waals surface area contributed by atoms with E-state index in [1.54, 1.807) is 12.1 Å². The predicted octanol–water partition coefficient (Wildman–Crippen LogP) is 7.52. The summed E-state index contributed by atoms with van der Waals surface area (Å²) in [6.07, 6.45) is 16.5. The number of aryl methyl sites for hydroxylation is 1. The minimum atomic E-state index is -0.200. The average molecular weight is 361 g/mol. The van der Waals surface area contributed by atoms with Crippen molar-refractivity contribution >= 4 is 0 Å². The molecule has 0 radical (unpaired) electrons. The molecule has 1 aromatic rings. The summed E-state index contributed by atoms with van der Waals surface area (Å²) in [5.74, 6) is 2.94. The Morgan fingerprint density at radius 1 is 0.962 bits per heavy atom. The molecule has 0 spiro atoms. The van der Waals surface area contributed by atoms with Crippen LogP contribution in [0.25, 0.3) is 0 Å². The van der Waals surface area contributed by atoms with E-state index in [4.69, 9.17) is 0 Å². The third kappa shape index (κ3) is 5.18. The van der Waals surface area contributed by atoms with E-state index in [9.17, 15) is 8.78 Å². The Bertz CT molecular complexity index is 576. The van der Waals surface area contributed by atoms with E-state index < -0.39 is 0 Å². The third-order valence-electron chi connectivity index (χ3n) is 6.85. The minimum Gasteiger partial charge on any atom is -0.251 e. The Morgan fingerprint density at radius 2 is 1.62 bits per heavy atom. The number of hydrogen-bond donors (Lipinski definition) is 0. The smallest absolute Gasteiger partial charge is 0.123 e. The number of halogens is 2. The van der Waals surface area contributed by atoms with Crippen LogP contribution in [0.2, 0.25) is 0 Å². The normalized spacial score (nSPS) is 30.0. The second kappa shape index (κ2) is 9.67. The van der Waals surface area contributed by atoms with Crippen molar-refractivity contribution in [1.29, 1.82) is 0 Å². The molecule has 0 amide bonds. The molecule has 0 nitrogen and oxygen atoms in total. The van der Waals surface area contributed by atoms with Crippen LogP contribution >= 0.6 is 0 Å². The van der Waals surface area contributed by atoms with Gasteiger partial charge in [-0.2, -0.15) is 0 Å². The highest BCUT2D eigenvalue weighted by Gasteiger charge is 2.31. The summed E-state index contributed by atoms with van der Waals surface area (Å²) in [6.45, 7) is 1.91. The van der Waals surface area contributed by atoms with Crippen LogP contribution in [0.1, 0.15) is 81.3 Å². The maximum atomic E-state index is 13.6. The second-order valence-electron chi connectivity index (χ2n) is 8.55. The average Bonchev–Trinajstić information content (AvgIpc) is 2.68. The quantitative estimate of drug-likeness (QED) is 0.363. The Morgan fingerprint density at radius 3 is 2.27 bits per heavy atom. The van der Waals surface area contributed by atoms with E-state index in [-0.39, 0.29) is 12.5 Å². The van der Waals surface area contributed by atoms with E-state index in [0.717, 1.165) is 24.2 Å². The lowest BCUT2D eigenvalue weighted by molar-refractivity contribution is 0.171. The number of allylic oxidation sites excluding steroid dienone is 2. The fourth-order valence-corrected chi connectivity index (χ4v) is 5.25. The highest BCUT2D eigenvalue weighted by atomic mass is 19.1. The van der Waals surface area contributed by atoms with Gasteiger partial charge < -0.3 is 0 Å². The van der Waals surface area contributed by atoms with Gasteiger partial charge in [0.2, 0.25) is 0 Å². The van der Waals surface area contributed by atoms with Gasteiger partial charge in [-0.3, -0.25) is 4.39 Å². The standard InChI is InChI=1S/C24H34F2/c1-18-6-15-23(26)17-24(18)22-13-11-21(12-14-22)20-9-7-19(8-10-20)5-3-2-4-16-25/h3,5-6,15,17,19-22H,2,4,7-14,16H2,1H3/b5-3+/t19-,20-,21?,22?. The van der Waals surface area contributed by atoms with Crippen LogP contribution in [0.4, 0.5) is 8.78 Å². The van der Waals surface area contributed by atoms with Gasteiger partial charge in [-0.15, -0.1) is 0 Å². The lowest BCUT2D eigenvalue weighted by Crippen LogP contribution is -2.25. The van der Waals surface area contributed by atoms with Gasteiger partial charge in [0.05, 0.1) is 6.67 Å². The molecule has 0 unspecified atom stereocenters. The molecular formula is C24H34F2. The molecule has 0 N–H and O–H groups in total. The molecule has 26 heavy (non-hydrogen) atoms. The first-order chi connectivity index (χ1) is 12.7. The van der Waals surface area contributed by atoms with Crippen molar-refractivity contribution in [2.45, 2.75) is 77.0 Å². The Kier molecular flexibility index (Phi) is 7.28. The first kappa shape index (κ1) is 19.6. The molecule has 144 valence electrons. The molecule has 2 fully saturated rings. The van der Waals surface area contributed by atoms with Gasteiger partial charge in [0, 0.05) is 0 Å². The molecule has 2 saturated carbocycles. The summed E-state index contributed by atoms with van der Waals surface area (Å²) in [7, 11) is 0. The zero-order valence-corrected chi connectivity index (χ0v) is 16.2. The zero-order chi connectivity index (χ0) is 18.4. The van der Waals surface area contributed by atoms with Gasteiger partial charge in [0.15, 0.2) is 0 Å². The molecule has 0 atom stereocenters. The number of alkyl halides is 1. The SMILES string of the molecule is Cc1ccc(F)cc1C1CCC([C@H]2CC[C@H](/C=C/CCCF)CC2)CC1. The zero-order valence-electron chi connectivity index (χ0n) is 16.2. The highest BCUT2D eigenvalue weighted by molar-refractivity contribution is 5.30. The van der Waals surface area contributed by atoms with Gasteiger partial charge in [0.1, 0.15) is 5.82 Å². The van der Waals surface area contributed by atoms with Crippen molar-refractivity contribution in [3.63, 3.8) is 0 Å². The van der Waals surface area contributed by atoms with Gasteiger partial charge in [-0.25, -0.2) is 4.39 Å². The maximum absolute atomic E-state index is 13.6.